The highest BCUT2D eigenvalue weighted by Gasteiger charge is 2.34. The first-order valence-corrected chi connectivity index (χ1v) is 12.4. The van der Waals surface area contributed by atoms with Gasteiger partial charge < -0.3 is 15.1 Å². The number of carbonyl (C=O) groups excluding carboxylic acids is 2. The molecule has 0 bridgehead atoms. The largest absolute Gasteiger partial charge is 0.467 e. The Morgan fingerprint density at radius 3 is 2.79 bits per heavy atom. The van der Waals surface area contributed by atoms with E-state index in [-0.39, 0.29) is 35.3 Å². The Hall–Kier alpha value is -3.45. The fourth-order valence-electron chi connectivity index (χ4n) is 3.80. The van der Waals surface area contributed by atoms with Gasteiger partial charge in [0.1, 0.15) is 10.7 Å². The van der Waals surface area contributed by atoms with Gasteiger partial charge >= 0.3 is 0 Å². The molecule has 2 amide bonds. The molecule has 0 radical (unpaired) electrons. The molecule has 0 spiro atoms. The van der Waals surface area contributed by atoms with Crippen LogP contribution in [0.15, 0.2) is 46.3 Å². The second-order valence-electron chi connectivity index (χ2n) is 8.05. The van der Waals surface area contributed by atoms with Crippen LogP contribution in [-0.4, -0.2) is 57.2 Å². The number of sulfonamides is 1. The number of anilines is 1. The molecule has 2 N–H and O–H groups in total. The molecule has 1 atom stereocenters. The van der Waals surface area contributed by atoms with Crippen LogP contribution in [-0.2, 0) is 35.0 Å². The Kier molecular flexibility index (Phi) is 6.84. The minimum absolute atomic E-state index is 0.0466. The Morgan fingerprint density at radius 2 is 2.12 bits per heavy atom. The summed E-state index contributed by atoms with van der Waals surface area (Å²) >= 11 is 0. The number of aromatic nitrogens is 4. The van der Waals surface area contributed by atoms with Crippen LogP contribution in [0.3, 0.4) is 0 Å². The lowest BCUT2D eigenvalue weighted by molar-refractivity contribution is -0.120. The van der Waals surface area contributed by atoms with Gasteiger partial charge in [-0.25, -0.2) is 8.42 Å². The first-order chi connectivity index (χ1) is 16.3. The zero-order valence-corrected chi connectivity index (χ0v) is 19.8. The van der Waals surface area contributed by atoms with Crippen molar-refractivity contribution < 1.29 is 22.4 Å². The van der Waals surface area contributed by atoms with Gasteiger partial charge in [0.05, 0.1) is 30.6 Å². The van der Waals surface area contributed by atoms with Crippen molar-refractivity contribution in [3.63, 3.8) is 0 Å². The first kappa shape index (κ1) is 23.7. The minimum atomic E-state index is -3.75. The summed E-state index contributed by atoms with van der Waals surface area (Å²) < 4.78 is 35.4. The van der Waals surface area contributed by atoms with E-state index >= 15 is 0 Å². The van der Waals surface area contributed by atoms with Crippen molar-refractivity contribution in [3.8, 4) is 0 Å². The van der Waals surface area contributed by atoms with Crippen molar-refractivity contribution in [1.29, 1.82) is 0 Å². The summed E-state index contributed by atoms with van der Waals surface area (Å²) in [7, 11) is -2.11. The number of amides is 2. The lowest BCUT2D eigenvalue weighted by Crippen LogP contribution is -2.43. The summed E-state index contributed by atoms with van der Waals surface area (Å²) in [5.74, 6) is -0.791. The van der Waals surface area contributed by atoms with E-state index in [1.54, 1.807) is 30.1 Å². The van der Waals surface area contributed by atoms with Crippen molar-refractivity contribution >= 4 is 27.5 Å². The van der Waals surface area contributed by atoms with E-state index in [1.165, 1.54) is 27.6 Å². The minimum Gasteiger partial charge on any atom is -0.467 e. The molecule has 34 heavy (non-hydrogen) atoms. The van der Waals surface area contributed by atoms with Crippen LogP contribution >= 0.6 is 0 Å². The van der Waals surface area contributed by atoms with Gasteiger partial charge in [-0.3, -0.25) is 19.0 Å². The SMILES string of the molecule is CCn1cc(NC(=O)[C@H]2CCCN(S(=O)(=O)c3cnn(C)c3)C2)c(C(=O)NCc2ccco2)n1. The fourth-order valence-corrected chi connectivity index (χ4v) is 5.31. The third-order valence-corrected chi connectivity index (χ3v) is 7.45. The smallest absolute Gasteiger partial charge is 0.274 e. The van der Waals surface area contributed by atoms with Crippen molar-refractivity contribution in [2.24, 2.45) is 13.0 Å². The predicted octanol–water partition coefficient (Wildman–Crippen LogP) is 1.20. The average molecular weight is 490 g/mol. The Morgan fingerprint density at radius 1 is 1.29 bits per heavy atom. The van der Waals surface area contributed by atoms with Crippen LogP contribution in [0.5, 0.6) is 0 Å². The molecule has 0 aliphatic carbocycles. The third kappa shape index (κ3) is 5.04. The number of furan rings is 1. The number of nitrogens with one attached hydrogen (secondary N) is 2. The molecular formula is C21H27N7O5S. The van der Waals surface area contributed by atoms with E-state index in [1.807, 2.05) is 6.92 Å². The summed E-state index contributed by atoms with van der Waals surface area (Å²) in [5, 5.41) is 13.7. The summed E-state index contributed by atoms with van der Waals surface area (Å²) in [6.07, 6.45) is 6.92. The highest BCUT2D eigenvalue weighted by atomic mass is 32.2. The van der Waals surface area contributed by atoms with Crippen LogP contribution in [0.1, 0.15) is 36.0 Å². The zero-order chi connectivity index (χ0) is 24.3. The highest BCUT2D eigenvalue weighted by Crippen LogP contribution is 2.25. The molecule has 1 aliphatic rings. The molecule has 12 nitrogen and oxygen atoms in total. The fraction of sp³-hybridized carbons (Fsp3) is 0.429. The molecule has 4 rings (SSSR count). The number of hydrogen-bond acceptors (Lipinski definition) is 7. The maximum atomic E-state index is 13.1. The van der Waals surface area contributed by atoms with E-state index in [4.69, 9.17) is 4.42 Å². The van der Waals surface area contributed by atoms with Gasteiger partial charge in [-0.1, -0.05) is 0 Å². The summed E-state index contributed by atoms with van der Waals surface area (Å²) in [5.41, 5.74) is 0.355. The van der Waals surface area contributed by atoms with Crippen molar-refractivity contribution in [1.82, 2.24) is 29.2 Å². The molecule has 1 aliphatic heterocycles. The van der Waals surface area contributed by atoms with Gasteiger partial charge in [0.25, 0.3) is 5.91 Å². The van der Waals surface area contributed by atoms with Crippen LogP contribution in [0.2, 0.25) is 0 Å². The third-order valence-electron chi connectivity index (χ3n) is 5.64. The first-order valence-electron chi connectivity index (χ1n) is 11.0. The highest BCUT2D eigenvalue weighted by molar-refractivity contribution is 7.89. The predicted molar refractivity (Wildman–Crippen MR) is 121 cm³/mol. The van der Waals surface area contributed by atoms with Crippen LogP contribution in [0, 0.1) is 5.92 Å². The average Bonchev–Trinajstić information content (AvgIpc) is 3.59. The normalized spacial score (nSPS) is 16.9. The van der Waals surface area contributed by atoms with Gasteiger partial charge in [0.2, 0.25) is 15.9 Å². The second-order valence-corrected chi connectivity index (χ2v) is 9.99. The zero-order valence-electron chi connectivity index (χ0n) is 19.0. The molecule has 182 valence electrons. The molecule has 3 aromatic rings. The van der Waals surface area contributed by atoms with Gasteiger partial charge in [-0.2, -0.15) is 14.5 Å². The van der Waals surface area contributed by atoms with Gasteiger partial charge in [0.15, 0.2) is 5.69 Å². The molecule has 13 heteroatoms. The summed E-state index contributed by atoms with van der Waals surface area (Å²) in [6.45, 7) is 2.93. The molecule has 0 aromatic carbocycles. The molecule has 0 unspecified atom stereocenters. The van der Waals surface area contributed by atoms with Crippen LogP contribution in [0.4, 0.5) is 5.69 Å². The quantitative estimate of drug-likeness (QED) is 0.484. The van der Waals surface area contributed by atoms with E-state index in [0.29, 0.717) is 31.7 Å². The Bertz CT molecular complexity index is 1260. The standard InChI is InChI=1S/C21H27N7O5S/c1-3-27-14-18(19(25-27)21(30)22-10-16-7-5-9-33-16)24-20(29)15-6-4-8-28(12-15)34(31,32)17-11-23-26(2)13-17/h5,7,9,11,13-15H,3-4,6,8,10,12H2,1-2H3,(H,22,30)(H,24,29)/t15-/m0/s1. The van der Waals surface area contributed by atoms with Crippen molar-refractivity contribution in [2.75, 3.05) is 18.4 Å². The van der Waals surface area contributed by atoms with Gasteiger partial charge in [-0.15, -0.1) is 0 Å². The molecule has 1 saturated heterocycles. The molecular weight excluding hydrogens is 462 g/mol. The number of piperidine rings is 1. The monoisotopic (exact) mass is 489 g/mol. The van der Waals surface area contributed by atoms with E-state index in [2.05, 4.69) is 20.8 Å². The summed E-state index contributed by atoms with van der Waals surface area (Å²) in [4.78, 5) is 25.9. The number of rotatable bonds is 8. The van der Waals surface area contributed by atoms with E-state index < -0.39 is 21.8 Å². The lowest BCUT2D eigenvalue weighted by atomic mass is 9.99. The van der Waals surface area contributed by atoms with Crippen LogP contribution in [0.25, 0.3) is 0 Å². The lowest BCUT2D eigenvalue weighted by Gasteiger charge is -2.30. The Balaban J connectivity index is 1.45. The number of hydrogen-bond donors (Lipinski definition) is 2. The van der Waals surface area contributed by atoms with Gasteiger partial charge in [-0.05, 0) is 31.9 Å². The van der Waals surface area contributed by atoms with E-state index in [0.717, 1.165) is 0 Å². The molecule has 4 heterocycles. The Labute approximate surface area is 197 Å². The van der Waals surface area contributed by atoms with E-state index in [9.17, 15) is 18.0 Å². The molecule has 0 saturated carbocycles. The van der Waals surface area contributed by atoms with Crippen molar-refractivity contribution in [3.05, 3.63) is 48.4 Å². The maximum Gasteiger partial charge on any atom is 0.274 e. The maximum absolute atomic E-state index is 13.1. The van der Waals surface area contributed by atoms with Crippen molar-refractivity contribution in [2.45, 2.75) is 37.8 Å². The second kappa shape index (κ2) is 9.81. The molecule has 1 fully saturated rings. The number of carbonyl (C=O) groups is 2. The van der Waals surface area contributed by atoms with Gasteiger partial charge in [0, 0.05) is 39.1 Å². The number of aryl methyl sites for hydroxylation is 2. The number of nitrogens with zero attached hydrogens (tertiary/aromatic N) is 5. The topological polar surface area (TPSA) is 144 Å². The molecule has 3 aromatic heterocycles. The summed E-state index contributed by atoms with van der Waals surface area (Å²) in [6, 6.07) is 3.46. The van der Waals surface area contributed by atoms with Crippen LogP contribution < -0.4 is 10.6 Å².